The van der Waals surface area contributed by atoms with Gasteiger partial charge >= 0.3 is 0 Å². The Hall–Kier alpha value is -2.14. The predicted octanol–water partition coefficient (Wildman–Crippen LogP) is 6.70. The molecule has 0 N–H and O–H groups in total. The Balaban J connectivity index is 1.24. The molecule has 0 fully saturated rings. The smallest absolute Gasteiger partial charge is 0.261 e. The maximum Gasteiger partial charge on any atom is 0.261 e. The number of benzene rings is 2. The van der Waals surface area contributed by atoms with Crippen molar-refractivity contribution < 1.29 is 19.2 Å². The van der Waals surface area contributed by atoms with Crippen LogP contribution in [0.25, 0.3) is 0 Å². The van der Waals surface area contributed by atoms with Crippen molar-refractivity contribution in [3.05, 3.63) is 55.0 Å². The largest absolute Gasteiger partial charge is 0.274 e. The van der Waals surface area contributed by atoms with E-state index in [1.165, 1.54) is 9.80 Å². The number of nitrogens with zero attached hydrogens (tertiary/aromatic N) is 2. The molecular weight excluding hydrogens is 533 g/mol. The molecule has 0 spiro atoms. The first kappa shape index (κ1) is 24.2. The summed E-state index contributed by atoms with van der Waals surface area (Å²) in [6.07, 6.45) is 3.45. The van der Waals surface area contributed by atoms with E-state index in [1.807, 2.05) is 38.1 Å². The Bertz CT molecular complexity index is 1220. The summed E-state index contributed by atoms with van der Waals surface area (Å²) < 4.78 is 2.18. The lowest BCUT2D eigenvalue weighted by Crippen LogP contribution is -2.30. The van der Waals surface area contributed by atoms with Crippen molar-refractivity contribution in [2.75, 3.05) is 13.1 Å². The number of carbonyl (C=O) groups excluding carboxylic acids is 4. The minimum absolute atomic E-state index is 0.202. The fraction of sp³-hybridized carbons (Fsp3) is 0.308. The first-order valence-corrected chi connectivity index (χ1v) is 15.2. The molecule has 6 nitrogen and oxygen atoms in total. The zero-order valence-corrected chi connectivity index (χ0v) is 23.0. The van der Waals surface area contributed by atoms with E-state index in [0.29, 0.717) is 35.3 Å². The van der Waals surface area contributed by atoms with Gasteiger partial charge in [-0.2, -0.15) is 0 Å². The molecule has 0 atom stereocenters. The Labute approximate surface area is 226 Å². The lowest BCUT2D eigenvalue weighted by atomic mass is 10.1. The van der Waals surface area contributed by atoms with Crippen LogP contribution >= 0.6 is 47.0 Å². The fourth-order valence-corrected chi connectivity index (χ4v) is 9.95. The zero-order valence-electron chi connectivity index (χ0n) is 19.7. The van der Waals surface area contributed by atoms with E-state index in [-0.39, 0.29) is 23.6 Å². The lowest BCUT2D eigenvalue weighted by Gasteiger charge is -2.12. The van der Waals surface area contributed by atoms with Crippen LogP contribution in [0.4, 0.5) is 0 Å². The van der Waals surface area contributed by atoms with Gasteiger partial charge in [0.1, 0.15) is 0 Å². The summed E-state index contributed by atoms with van der Waals surface area (Å²) in [5, 5.41) is 0. The van der Waals surface area contributed by atoms with E-state index < -0.39 is 0 Å². The third-order valence-corrected chi connectivity index (χ3v) is 12.1. The summed E-state index contributed by atoms with van der Waals surface area (Å²) in [7, 11) is 0. The normalized spacial score (nSPS) is 17.9. The van der Waals surface area contributed by atoms with Crippen molar-refractivity contribution in [2.24, 2.45) is 0 Å². The molecule has 184 valence electrons. The highest BCUT2D eigenvalue weighted by Gasteiger charge is 2.40. The Morgan fingerprint density at radius 3 is 1.06 bits per heavy atom. The van der Waals surface area contributed by atoms with Gasteiger partial charge in [-0.1, -0.05) is 73.7 Å². The van der Waals surface area contributed by atoms with Crippen LogP contribution in [-0.4, -0.2) is 46.5 Å². The Morgan fingerprint density at radius 1 is 0.528 bits per heavy atom. The van der Waals surface area contributed by atoms with Gasteiger partial charge in [-0.25, -0.2) is 0 Å². The standard InChI is InChI=1S/C26H22N2O4S4/c1-3-5-7-27-21(29)13-9-17-18(10-14(13)22(27)30)34-25(33-17)26-35-19-11-15-16(12-20(19)36-26)24(32)28(23(15)31)8-6-4-2/h9-12H,3-8H2,1-2H3. The Kier molecular flexibility index (Phi) is 6.26. The van der Waals surface area contributed by atoms with Gasteiger partial charge < -0.3 is 0 Å². The molecule has 4 amide bonds. The number of hydrogen-bond acceptors (Lipinski definition) is 8. The molecule has 0 unspecified atom stereocenters. The van der Waals surface area contributed by atoms with Gasteiger partial charge in [0.05, 0.1) is 30.7 Å². The fourth-order valence-electron chi connectivity index (χ4n) is 4.56. The van der Waals surface area contributed by atoms with Crippen molar-refractivity contribution in [1.82, 2.24) is 9.80 Å². The number of imide groups is 2. The molecule has 0 radical (unpaired) electrons. The van der Waals surface area contributed by atoms with Gasteiger partial charge in [0.25, 0.3) is 23.6 Å². The van der Waals surface area contributed by atoms with Crippen molar-refractivity contribution >= 4 is 70.7 Å². The molecule has 4 heterocycles. The summed E-state index contributed by atoms with van der Waals surface area (Å²) in [5.41, 5.74) is 1.96. The monoisotopic (exact) mass is 554 g/mol. The molecule has 0 bridgehead atoms. The molecule has 6 rings (SSSR count). The molecule has 2 aromatic rings. The quantitative estimate of drug-likeness (QED) is 0.365. The van der Waals surface area contributed by atoms with E-state index in [0.717, 1.165) is 53.7 Å². The second kappa shape index (κ2) is 9.31. The second-order valence-corrected chi connectivity index (χ2v) is 13.6. The SMILES string of the molecule is CCCCN1C(=O)c2cc3c(cc2C1=O)SC(=C1Sc2cc4c(cc2S1)C(=O)N(CCCC)C4=O)S3. The van der Waals surface area contributed by atoms with Crippen molar-refractivity contribution in [1.29, 1.82) is 0 Å². The summed E-state index contributed by atoms with van der Waals surface area (Å²) in [4.78, 5) is 58.0. The zero-order chi connectivity index (χ0) is 25.1. The van der Waals surface area contributed by atoms with E-state index in [4.69, 9.17) is 0 Å². The molecule has 2 aromatic carbocycles. The van der Waals surface area contributed by atoms with Crippen molar-refractivity contribution in [3.63, 3.8) is 0 Å². The number of fused-ring (bicyclic) bond motifs is 4. The highest BCUT2D eigenvalue weighted by atomic mass is 32.2. The van der Waals surface area contributed by atoms with Crippen LogP contribution in [0.1, 0.15) is 81.0 Å². The van der Waals surface area contributed by atoms with E-state index in [1.54, 1.807) is 47.0 Å². The van der Waals surface area contributed by atoms with Crippen LogP contribution in [0.2, 0.25) is 0 Å². The van der Waals surface area contributed by atoms with Crippen molar-refractivity contribution in [2.45, 2.75) is 59.1 Å². The summed E-state index contributed by atoms with van der Waals surface area (Å²) >= 11 is 6.43. The average molecular weight is 555 g/mol. The number of carbonyl (C=O) groups is 4. The van der Waals surface area contributed by atoms with Crippen LogP contribution in [0.15, 0.2) is 52.3 Å². The topological polar surface area (TPSA) is 74.8 Å². The van der Waals surface area contributed by atoms with Crippen LogP contribution in [0.5, 0.6) is 0 Å². The second-order valence-electron chi connectivity index (χ2n) is 8.90. The summed E-state index contributed by atoms with van der Waals surface area (Å²) in [5.74, 6) is -0.808. The van der Waals surface area contributed by atoms with Gasteiger partial charge in [0, 0.05) is 32.7 Å². The summed E-state index contributed by atoms with van der Waals surface area (Å²) in [6, 6.07) is 7.43. The molecule has 0 saturated heterocycles. The van der Waals surface area contributed by atoms with Gasteiger partial charge in [0.2, 0.25) is 0 Å². The predicted molar refractivity (Wildman–Crippen MR) is 144 cm³/mol. The minimum Gasteiger partial charge on any atom is -0.274 e. The summed E-state index contributed by atoms with van der Waals surface area (Å²) in [6.45, 7) is 5.00. The third kappa shape index (κ3) is 3.76. The molecule has 0 saturated carbocycles. The number of thioether (sulfide) groups is 4. The van der Waals surface area contributed by atoms with Gasteiger partial charge in [-0.3, -0.25) is 29.0 Å². The molecule has 4 aliphatic rings. The Morgan fingerprint density at radius 2 is 0.806 bits per heavy atom. The first-order valence-electron chi connectivity index (χ1n) is 11.9. The number of hydrogen-bond donors (Lipinski definition) is 0. The highest BCUT2D eigenvalue weighted by molar-refractivity contribution is 8.30. The molecule has 10 heteroatoms. The van der Waals surface area contributed by atoms with Gasteiger partial charge in [0.15, 0.2) is 0 Å². The van der Waals surface area contributed by atoms with Gasteiger partial charge in [-0.05, 0) is 37.1 Å². The molecular formula is C26H22N2O4S4. The van der Waals surface area contributed by atoms with Crippen LogP contribution in [0.3, 0.4) is 0 Å². The maximum atomic E-state index is 12.8. The van der Waals surface area contributed by atoms with Crippen LogP contribution in [0, 0.1) is 0 Å². The number of unbranched alkanes of at least 4 members (excludes halogenated alkanes) is 2. The van der Waals surface area contributed by atoms with E-state index in [9.17, 15) is 19.2 Å². The van der Waals surface area contributed by atoms with Crippen LogP contribution in [-0.2, 0) is 0 Å². The third-order valence-electron chi connectivity index (χ3n) is 6.52. The van der Waals surface area contributed by atoms with Crippen LogP contribution < -0.4 is 0 Å². The van der Waals surface area contributed by atoms with E-state index in [2.05, 4.69) is 0 Å². The van der Waals surface area contributed by atoms with E-state index >= 15 is 0 Å². The average Bonchev–Trinajstić information content (AvgIpc) is 3.59. The molecule has 36 heavy (non-hydrogen) atoms. The van der Waals surface area contributed by atoms with Gasteiger partial charge in [-0.15, -0.1) is 0 Å². The minimum atomic E-state index is -0.202. The first-order chi connectivity index (χ1) is 17.4. The highest BCUT2D eigenvalue weighted by Crippen LogP contribution is 2.62. The number of rotatable bonds is 6. The molecule has 0 aromatic heterocycles. The van der Waals surface area contributed by atoms with Crippen molar-refractivity contribution in [3.8, 4) is 0 Å². The molecule has 4 aliphatic heterocycles. The molecule has 0 aliphatic carbocycles. The number of amides is 4. The maximum absolute atomic E-state index is 12.8. The lowest BCUT2D eigenvalue weighted by molar-refractivity contribution is 0.0636.